The topological polar surface area (TPSA) is 98.0 Å². The molecule has 2 aromatic carbocycles. The second-order valence-corrected chi connectivity index (χ2v) is 6.08. The molecule has 0 saturated heterocycles. The van der Waals surface area contributed by atoms with Gasteiger partial charge in [-0.2, -0.15) is 0 Å². The summed E-state index contributed by atoms with van der Waals surface area (Å²) in [4.78, 5) is 16.3. The molecule has 2 rings (SSSR count). The van der Waals surface area contributed by atoms with Crippen LogP contribution in [0.4, 0.5) is 11.4 Å². The van der Waals surface area contributed by atoms with Gasteiger partial charge < -0.3 is 25.8 Å². The van der Waals surface area contributed by atoms with E-state index < -0.39 is 0 Å². The fraction of sp³-hybridized carbons (Fsp3) is 0.263. The summed E-state index contributed by atoms with van der Waals surface area (Å²) in [6.45, 7) is 2.08. The molecule has 2 aromatic rings. The van der Waals surface area contributed by atoms with Crippen LogP contribution in [0.5, 0.6) is 11.5 Å². The van der Waals surface area contributed by atoms with E-state index >= 15 is 0 Å². The molecule has 27 heavy (non-hydrogen) atoms. The summed E-state index contributed by atoms with van der Waals surface area (Å²) in [6, 6.07) is 10.6. The summed E-state index contributed by atoms with van der Waals surface area (Å²) in [5.74, 6) is 1.26. The molecule has 7 nitrogen and oxygen atoms in total. The highest BCUT2D eigenvalue weighted by Gasteiger charge is 2.08. The van der Waals surface area contributed by atoms with Gasteiger partial charge in [0.2, 0.25) is 5.91 Å². The molecule has 0 heterocycles. The lowest BCUT2D eigenvalue weighted by molar-refractivity contribution is -0.116. The Hall–Kier alpha value is -2.93. The molecule has 0 fully saturated rings. The Morgan fingerprint density at radius 3 is 2.63 bits per heavy atom. The van der Waals surface area contributed by atoms with Crippen molar-refractivity contribution in [2.45, 2.75) is 13.3 Å². The number of guanidine groups is 1. The highest BCUT2D eigenvalue weighted by molar-refractivity contribution is 6.31. The fourth-order valence-electron chi connectivity index (χ4n) is 2.32. The van der Waals surface area contributed by atoms with Gasteiger partial charge in [0.1, 0.15) is 11.5 Å². The number of nitrogens with one attached hydrogen (secondary N) is 2. The zero-order valence-corrected chi connectivity index (χ0v) is 16.3. The minimum atomic E-state index is -0.170. The Bertz CT molecular complexity index is 840. The maximum atomic E-state index is 12.1. The first kappa shape index (κ1) is 20.4. The Morgan fingerprint density at radius 1 is 1.15 bits per heavy atom. The van der Waals surface area contributed by atoms with E-state index in [1.165, 1.54) is 0 Å². The number of rotatable bonds is 7. The van der Waals surface area contributed by atoms with Crippen LogP contribution in [-0.2, 0) is 4.79 Å². The monoisotopic (exact) mass is 390 g/mol. The van der Waals surface area contributed by atoms with Crippen molar-refractivity contribution in [2.75, 3.05) is 31.4 Å². The number of carbonyl (C=O) groups is 1. The molecule has 0 saturated carbocycles. The Kier molecular flexibility index (Phi) is 7.31. The van der Waals surface area contributed by atoms with E-state index in [0.717, 1.165) is 5.56 Å². The number of carbonyl (C=O) groups excluding carboxylic acids is 1. The number of anilines is 2. The van der Waals surface area contributed by atoms with Gasteiger partial charge in [0.15, 0.2) is 5.96 Å². The number of halogens is 1. The van der Waals surface area contributed by atoms with Crippen LogP contribution in [0.2, 0.25) is 5.02 Å². The Labute approximate surface area is 163 Å². The van der Waals surface area contributed by atoms with Crippen molar-refractivity contribution in [3.8, 4) is 11.5 Å². The second kappa shape index (κ2) is 9.68. The number of nitrogens with two attached hydrogens (primary N) is 1. The highest BCUT2D eigenvalue weighted by atomic mass is 35.5. The molecule has 0 aromatic heterocycles. The van der Waals surface area contributed by atoms with E-state index in [1.54, 1.807) is 50.6 Å². The van der Waals surface area contributed by atoms with Crippen LogP contribution in [0.25, 0.3) is 0 Å². The van der Waals surface area contributed by atoms with Gasteiger partial charge in [-0.3, -0.25) is 9.79 Å². The standard InChI is InChI=1S/C19H23ClN4O3/c1-12-14(20)5-4-6-15(12)23-18(25)9-10-22-19(21)24-16-11-13(26-2)7-8-17(16)27-3/h4-8,11H,9-10H2,1-3H3,(H,23,25)(H3,21,22,24). The molecule has 0 aliphatic rings. The first-order chi connectivity index (χ1) is 12.9. The van der Waals surface area contributed by atoms with E-state index in [1.807, 2.05) is 6.92 Å². The summed E-state index contributed by atoms with van der Waals surface area (Å²) in [6.07, 6.45) is 0.184. The lowest BCUT2D eigenvalue weighted by atomic mass is 10.2. The number of methoxy groups -OCH3 is 2. The Balaban J connectivity index is 1.92. The van der Waals surface area contributed by atoms with Crippen molar-refractivity contribution in [1.82, 2.24) is 0 Å². The third-order valence-electron chi connectivity index (χ3n) is 3.83. The summed E-state index contributed by atoms with van der Waals surface area (Å²) < 4.78 is 10.5. The van der Waals surface area contributed by atoms with Crippen LogP contribution in [0.15, 0.2) is 41.4 Å². The summed E-state index contributed by atoms with van der Waals surface area (Å²) in [5, 5.41) is 6.37. The summed E-state index contributed by atoms with van der Waals surface area (Å²) in [7, 11) is 3.13. The largest absolute Gasteiger partial charge is 0.497 e. The van der Waals surface area contributed by atoms with Crippen LogP contribution in [-0.4, -0.2) is 32.6 Å². The Morgan fingerprint density at radius 2 is 1.93 bits per heavy atom. The van der Waals surface area contributed by atoms with Crippen molar-refractivity contribution in [3.63, 3.8) is 0 Å². The predicted molar refractivity (Wildman–Crippen MR) is 109 cm³/mol. The first-order valence-corrected chi connectivity index (χ1v) is 8.66. The summed E-state index contributed by atoms with van der Waals surface area (Å²) >= 11 is 6.05. The zero-order chi connectivity index (χ0) is 19.8. The molecule has 144 valence electrons. The smallest absolute Gasteiger partial charge is 0.226 e. The van der Waals surface area contributed by atoms with Crippen molar-refractivity contribution < 1.29 is 14.3 Å². The van der Waals surface area contributed by atoms with Gasteiger partial charge in [0.25, 0.3) is 0 Å². The van der Waals surface area contributed by atoms with E-state index in [2.05, 4.69) is 15.6 Å². The molecule has 4 N–H and O–H groups in total. The van der Waals surface area contributed by atoms with E-state index in [4.69, 9.17) is 26.8 Å². The number of hydrogen-bond donors (Lipinski definition) is 3. The maximum Gasteiger partial charge on any atom is 0.226 e. The van der Waals surface area contributed by atoms with Gasteiger partial charge in [-0.25, -0.2) is 0 Å². The number of aliphatic imine (C=N–C) groups is 1. The van der Waals surface area contributed by atoms with E-state index in [9.17, 15) is 4.79 Å². The van der Waals surface area contributed by atoms with Gasteiger partial charge >= 0.3 is 0 Å². The minimum absolute atomic E-state index is 0.170. The van der Waals surface area contributed by atoms with Gasteiger partial charge in [-0.15, -0.1) is 0 Å². The molecule has 0 atom stereocenters. The molecule has 0 aliphatic heterocycles. The van der Waals surface area contributed by atoms with Gasteiger partial charge in [-0.05, 0) is 36.8 Å². The van der Waals surface area contributed by atoms with Crippen LogP contribution in [0, 0.1) is 6.92 Å². The van der Waals surface area contributed by atoms with Gasteiger partial charge in [0, 0.05) is 23.2 Å². The van der Waals surface area contributed by atoms with Crippen LogP contribution >= 0.6 is 11.6 Å². The normalized spacial score (nSPS) is 11.0. The minimum Gasteiger partial charge on any atom is -0.497 e. The molecule has 0 unspecified atom stereocenters. The van der Waals surface area contributed by atoms with Crippen molar-refractivity contribution >= 4 is 34.8 Å². The molecular formula is C19H23ClN4O3. The lowest BCUT2D eigenvalue weighted by Crippen LogP contribution is -2.24. The van der Waals surface area contributed by atoms with Crippen LogP contribution < -0.4 is 25.8 Å². The summed E-state index contributed by atoms with van der Waals surface area (Å²) in [5.41, 5.74) is 8.02. The molecule has 8 heteroatoms. The predicted octanol–water partition coefficient (Wildman–Crippen LogP) is 3.42. The first-order valence-electron chi connectivity index (χ1n) is 8.28. The number of benzene rings is 2. The SMILES string of the molecule is COc1ccc(OC)c(NC(N)=NCCC(=O)Nc2cccc(Cl)c2C)c1. The molecule has 0 radical (unpaired) electrons. The molecule has 0 bridgehead atoms. The third kappa shape index (κ3) is 5.79. The molecule has 0 spiro atoms. The molecular weight excluding hydrogens is 368 g/mol. The van der Waals surface area contributed by atoms with Crippen molar-refractivity contribution in [3.05, 3.63) is 47.0 Å². The van der Waals surface area contributed by atoms with Gasteiger partial charge in [-0.1, -0.05) is 17.7 Å². The highest BCUT2D eigenvalue weighted by Crippen LogP contribution is 2.28. The van der Waals surface area contributed by atoms with Crippen molar-refractivity contribution in [2.24, 2.45) is 10.7 Å². The second-order valence-electron chi connectivity index (χ2n) is 5.67. The van der Waals surface area contributed by atoms with E-state index in [-0.39, 0.29) is 24.8 Å². The van der Waals surface area contributed by atoms with Gasteiger partial charge in [0.05, 0.1) is 26.5 Å². The molecule has 1 amide bonds. The average Bonchev–Trinajstić information content (AvgIpc) is 2.65. The quantitative estimate of drug-likeness (QED) is 0.497. The number of ether oxygens (including phenoxy) is 2. The fourth-order valence-corrected chi connectivity index (χ4v) is 2.50. The lowest BCUT2D eigenvalue weighted by Gasteiger charge is -2.12. The maximum absolute atomic E-state index is 12.1. The number of nitrogens with zero attached hydrogens (tertiary/aromatic N) is 1. The van der Waals surface area contributed by atoms with Crippen LogP contribution in [0.3, 0.4) is 0 Å². The number of amides is 1. The van der Waals surface area contributed by atoms with E-state index in [0.29, 0.717) is 27.9 Å². The zero-order valence-electron chi connectivity index (χ0n) is 15.5. The van der Waals surface area contributed by atoms with Crippen LogP contribution in [0.1, 0.15) is 12.0 Å². The van der Waals surface area contributed by atoms with Crippen molar-refractivity contribution in [1.29, 1.82) is 0 Å². The molecule has 0 aliphatic carbocycles. The number of hydrogen-bond acceptors (Lipinski definition) is 4. The average molecular weight is 391 g/mol. The third-order valence-corrected chi connectivity index (χ3v) is 4.24.